The molecule has 0 unspecified atom stereocenters. The fourth-order valence-electron chi connectivity index (χ4n) is 4.28. The van der Waals surface area contributed by atoms with Crippen molar-refractivity contribution >= 4 is 34.8 Å². The molecule has 0 spiro atoms. The number of fused-ring (bicyclic) bond motifs is 1. The number of nitrogens with zero attached hydrogens (tertiary/aromatic N) is 3. The molecule has 33 heavy (non-hydrogen) atoms. The van der Waals surface area contributed by atoms with E-state index in [1.807, 2.05) is 28.9 Å². The lowest BCUT2D eigenvalue weighted by atomic mass is 9.90. The lowest BCUT2D eigenvalue weighted by molar-refractivity contribution is -0.118. The monoisotopic (exact) mass is 460 g/mol. The number of aryl methyl sites for hydroxylation is 2. The summed E-state index contributed by atoms with van der Waals surface area (Å²) in [7, 11) is 0. The van der Waals surface area contributed by atoms with Crippen LogP contribution in [0, 0.1) is 19.8 Å². The van der Waals surface area contributed by atoms with Gasteiger partial charge >= 0.3 is 0 Å². The van der Waals surface area contributed by atoms with Crippen LogP contribution in [0.25, 0.3) is 11.3 Å². The Labute approximate surface area is 197 Å². The fraction of sp³-hybridized carbons (Fsp3) is 0.346. The molecule has 1 saturated carbocycles. The molecule has 2 aromatic carbocycles. The van der Waals surface area contributed by atoms with Crippen molar-refractivity contribution in [2.75, 3.05) is 11.9 Å². The number of amides is 1. The van der Waals surface area contributed by atoms with Crippen LogP contribution in [0.5, 0.6) is 5.75 Å². The second-order valence-corrected chi connectivity index (χ2v) is 9.64. The molecule has 0 radical (unpaired) electrons. The van der Waals surface area contributed by atoms with Gasteiger partial charge in [-0.15, -0.1) is 11.3 Å². The molecule has 1 amide bonds. The first-order valence-corrected chi connectivity index (χ1v) is 12.4. The number of nitrogens with one attached hydrogen (secondary N) is 1. The molecule has 3 aromatic rings. The van der Waals surface area contributed by atoms with Crippen LogP contribution in [-0.2, 0) is 4.79 Å². The largest absolute Gasteiger partial charge is 0.482 e. The van der Waals surface area contributed by atoms with Crippen LogP contribution >= 0.6 is 11.3 Å². The second-order valence-electron chi connectivity index (χ2n) is 8.81. The number of hydrogen-bond donors (Lipinski definition) is 1. The molecular weight excluding hydrogens is 432 g/mol. The van der Waals surface area contributed by atoms with Crippen molar-refractivity contribution in [2.24, 2.45) is 16.0 Å². The van der Waals surface area contributed by atoms with Gasteiger partial charge < -0.3 is 10.1 Å². The number of aromatic nitrogens is 1. The number of thiazole rings is 1. The maximum Gasteiger partial charge on any atom is 0.262 e. The predicted molar refractivity (Wildman–Crippen MR) is 133 cm³/mol. The second kappa shape index (κ2) is 9.35. The van der Waals surface area contributed by atoms with E-state index in [1.54, 1.807) is 11.3 Å². The molecule has 0 saturated heterocycles. The standard InChI is InChI=1S/C26H28N4O2S/c1-17-8-10-21(12-18(17)2)28-26-30(27-14-19-6-4-3-5-7-19)23(16-33-26)20-9-11-24-22(13-20)29-25(31)15-32-24/h8-14,16,19H,3-7,15H2,1-2H3,(H,29,31). The normalized spacial score (nSPS) is 17.2. The minimum atomic E-state index is -0.140. The summed E-state index contributed by atoms with van der Waals surface area (Å²) in [5.74, 6) is 1.05. The number of anilines is 1. The summed E-state index contributed by atoms with van der Waals surface area (Å²) in [6.45, 7) is 4.26. The summed E-state index contributed by atoms with van der Waals surface area (Å²) in [4.78, 5) is 17.5. The smallest absolute Gasteiger partial charge is 0.262 e. The summed E-state index contributed by atoms with van der Waals surface area (Å²) >= 11 is 1.56. The average molecular weight is 461 g/mol. The average Bonchev–Trinajstić information content (AvgIpc) is 3.22. The molecule has 6 nitrogen and oxygen atoms in total. The fourth-order valence-corrected chi connectivity index (χ4v) is 5.14. The number of benzene rings is 2. The van der Waals surface area contributed by atoms with Crippen LogP contribution in [-0.4, -0.2) is 23.4 Å². The summed E-state index contributed by atoms with van der Waals surface area (Å²) in [6.07, 6.45) is 8.32. The molecule has 1 aliphatic carbocycles. The predicted octanol–water partition coefficient (Wildman–Crippen LogP) is 5.81. The van der Waals surface area contributed by atoms with E-state index < -0.39 is 0 Å². The van der Waals surface area contributed by atoms with Gasteiger partial charge in [0.25, 0.3) is 5.91 Å². The molecule has 170 valence electrons. The van der Waals surface area contributed by atoms with Gasteiger partial charge in [0.05, 0.1) is 17.1 Å². The van der Waals surface area contributed by atoms with Crippen molar-refractivity contribution in [2.45, 2.75) is 46.0 Å². The van der Waals surface area contributed by atoms with Crippen LogP contribution in [0.2, 0.25) is 0 Å². The van der Waals surface area contributed by atoms with Gasteiger partial charge in [-0.25, -0.2) is 9.67 Å². The molecule has 1 aromatic heterocycles. The Balaban J connectivity index is 1.58. The SMILES string of the molecule is Cc1ccc(N=c2scc(-c3ccc4c(c3)NC(=O)CO4)n2N=CC2CCCCC2)cc1C. The van der Waals surface area contributed by atoms with E-state index in [-0.39, 0.29) is 12.5 Å². The van der Waals surface area contributed by atoms with Crippen molar-refractivity contribution in [3.8, 4) is 17.0 Å². The third-order valence-corrected chi connectivity index (χ3v) is 7.17. The summed E-state index contributed by atoms with van der Waals surface area (Å²) in [5.41, 5.74) is 5.97. The Morgan fingerprint density at radius 3 is 2.76 bits per heavy atom. The molecule has 1 fully saturated rings. The van der Waals surface area contributed by atoms with Crippen LogP contribution < -0.4 is 14.9 Å². The highest BCUT2D eigenvalue weighted by Gasteiger charge is 2.18. The van der Waals surface area contributed by atoms with Crippen LogP contribution in [0.4, 0.5) is 11.4 Å². The van der Waals surface area contributed by atoms with Gasteiger partial charge in [-0.05, 0) is 74.1 Å². The molecule has 0 bridgehead atoms. The zero-order valence-corrected chi connectivity index (χ0v) is 19.8. The van der Waals surface area contributed by atoms with Gasteiger partial charge in [-0.3, -0.25) is 4.79 Å². The Morgan fingerprint density at radius 2 is 1.94 bits per heavy atom. The number of carbonyl (C=O) groups excluding carboxylic acids is 1. The van der Waals surface area contributed by atoms with Gasteiger partial charge in [-0.2, -0.15) is 5.10 Å². The van der Waals surface area contributed by atoms with E-state index >= 15 is 0 Å². The zero-order valence-electron chi connectivity index (χ0n) is 19.0. The van der Waals surface area contributed by atoms with Gasteiger partial charge in [0.1, 0.15) is 5.75 Å². The third-order valence-electron chi connectivity index (χ3n) is 6.35. The number of rotatable bonds is 4. The first kappa shape index (κ1) is 21.6. The number of hydrogen-bond acceptors (Lipinski definition) is 5. The van der Waals surface area contributed by atoms with Crippen molar-refractivity contribution < 1.29 is 9.53 Å². The summed E-state index contributed by atoms with van der Waals surface area (Å²) in [6, 6.07) is 12.1. The van der Waals surface area contributed by atoms with Gasteiger partial charge in [0.15, 0.2) is 6.61 Å². The van der Waals surface area contributed by atoms with Gasteiger partial charge in [0.2, 0.25) is 4.80 Å². The minimum absolute atomic E-state index is 0.0511. The first-order chi connectivity index (χ1) is 16.1. The minimum Gasteiger partial charge on any atom is -0.482 e. The van der Waals surface area contributed by atoms with Gasteiger partial charge in [0, 0.05) is 17.2 Å². The van der Waals surface area contributed by atoms with Crippen molar-refractivity contribution in [3.63, 3.8) is 0 Å². The van der Waals surface area contributed by atoms with Crippen LogP contribution in [0.15, 0.2) is 51.9 Å². The number of carbonyl (C=O) groups is 1. The molecule has 5 rings (SSSR count). The van der Waals surface area contributed by atoms with E-state index in [0.29, 0.717) is 17.4 Å². The van der Waals surface area contributed by atoms with E-state index in [2.05, 4.69) is 42.9 Å². The highest BCUT2D eigenvalue weighted by Crippen LogP contribution is 2.33. The topological polar surface area (TPSA) is 68.0 Å². The third kappa shape index (κ3) is 4.78. The maximum atomic E-state index is 11.8. The van der Waals surface area contributed by atoms with E-state index in [4.69, 9.17) is 14.8 Å². The quantitative estimate of drug-likeness (QED) is 0.499. The van der Waals surface area contributed by atoms with E-state index in [9.17, 15) is 4.79 Å². The Bertz CT molecular complexity index is 1280. The molecule has 1 aliphatic heterocycles. The molecule has 2 heterocycles. The Kier molecular flexibility index (Phi) is 6.13. The highest BCUT2D eigenvalue weighted by atomic mass is 32.1. The van der Waals surface area contributed by atoms with Crippen molar-refractivity contribution in [1.82, 2.24) is 4.68 Å². The molecule has 2 aliphatic rings. The zero-order chi connectivity index (χ0) is 22.8. The lowest BCUT2D eigenvalue weighted by Crippen LogP contribution is -2.25. The maximum absolute atomic E-state index is 11.8. The summed E-state index contributed by atoms with van der Waals surface area (Å²) < 4.78 is 7.46. The number of ether oxygens (including phenoxy) is 1. The Morgan fingerprint density at radius 1 is 1.09 bits per heavy atom. The Hall–Kier alpha value is -3.19. The molecule has 0 atom stereocenters. The van der Waals surface area contributed by atoms with E-state index in [0.717, 1.165) is 21.7 Å². The van der Waals surface area contributed by atoms with Crippen LogP contribution in [0.3, 0.4) is 0 Å². The molecule has 7 heteroatoms. The highest BCUT2D eigenvalue weighted by molar-refractivity contribution is 7.07. The van der Waals surface area contributed by atoms with Gasteiger partial charge in [-0.1, -0.05) is 25.3 Å². The lowest BCUT2D eigenvalue weighted by Gasteiger charge is -2.19. The molecular formula is C26H28N4O2S. The van der Waals surface area contributed by atoms with Crippen molar-refractivity contribution in [3.05, 3.63) is 57.7 Å². The van der Waals surface area contributed by atoms with Crippen molar-refractivity contribution in [1.29, 1.82) is 0 Å². The first-order valence-electron chi connectivity index (χ1n) is 11.5. The van der Waals surface area contributed by atoms with E-state index in [1.165, 1.54) is 43.2 Å². The van der Waals surface area contributed by atoms with Crippen LogP contribution in [0.1, 0.15) is 43.2 Å². The molecule has 1 N–H and O–H groups in total. The summed E-state index contributed by atoms with van der Waals surface area (Å²) in [5, 5.41) is 9.89.